The predicted octanol–water partition coefficient (Wildman–Crippen LogP) is 4.39. The Hall–Kier alpha value is -3.45. The summed E-state index contributed by atoms with van der Waals surface area (Å²) in [6, 6.07) is 16.2. The Bertz CT molecular complexity index is 1180. The third-order valence-corrected chi connectivity index (χ3v) is 4.67. The second-order valence-corrected chi connectivity index (χ2v) is 7.21. The van der Waals surface area contributed by atoms with Crippen molar-refractivity contribution in [3.8, 4) is 17.0 Å². The third kappa shape index (κ3) is 4.41. The summed E-state index contributed by atoms with van der Waals surface area (Å²) in [5.41, 5.74) is 2.23. The van der Waals surface area contributed by atoms with Crippen LogP contribution in [0.2, 0.25) is 5.02 Å². The Morgan fingerprint density at radius 3 is 2.63 bits per heavy atom. The number of fused-ring (bicyclic) bond motifs is 1. The molecule has 8 heteroatoms. The second kappa shape index (κ2) is 8.51. The average molecular weight is 425 g/mol. The molecule has 0 spiro atoms. The van der Waals surface area contributed by atoms with E-state index in [0.29, 0.717) is 28.7 Å². The van der Waals surface area contributed by atoms with Gasteiger partial charge in [0.25, 0.3) is 5.91 Å². The molecule has 1 amide bonds. The molecule has 1 atom stereocenters. The molecule has 0 aliphatic carbocycles. The van der Waals surface area contributed by atoms with E-state index in [-0.39, 0.29) is 23.5 Å². The Labute approximate surface area is 177 Å². The number of benzene rings is 2. The van der Waals surface area contributed by atoms with Gasteiger partial charge in [0.05, 0.1) is 11.7 Å². The Balaban J connectivity index is 1.47. The molecule has 2 aromatic carbocycles. The van der Waals surface area contributed by atoms with E-state index in [2.05, 4.69) is 15.4 Å². The summed E-state index contributed by atoms with van der Waals surface area (Å²) < 4.78 is 20.5. The van der Waals surface area contributed by atoms with Crippen molar-refractivity contribution in [2.75, 3.05) is 6.61 Å². The zero-order valence-electron chi connectivity index (χ0n) is 16.0. The van der Waals surface area contributed by atoms with Crippen molar-refractivity contribution in [1.82, 2.24) is 19.9 Å². The number of hydrogen-bond donors (Lipinski definition) is 1. The van der Waals surface area contributed by atoms with Crippen LogP contribution in [0.1, 0.15) is 17.4 Å². The van der Waals surface area contributed by atoms with E-state index in [1.54, 1.807) is 59.2 Å². The van der Waals surface area contributed by atoms with Crippen molar-refractivity contribution < 1.29 is 13.9 Å². The fourth-order valence-corrected chi connectivity index (χ4v) is 3.06. The Morgan fingerprint density at radius 1 is 1.17 bits per heavy atom. The van der Waals surface area contributed by atoms with Crippen LogP contribution in [0.25, 0.3) is 16.9 Å². The second-order valence-electron chi connectivity index (χ2n) is 6.78. The lowest BCUT2D eigenvalue weighted by atomic mass is 10.1. The number of ether oxygens (including phenoxy) is 1. The van der Waals surface area contributed by atoms with E-state index >= 15 is 0 Å². The van der Waals surface area contributed by atoms with Crippen LogP contribution in [0.3, 0.4) is 0 Å². The highest BCUT2D eigenvalue weighted by atomic mass is 35.5. The minimum atomic E-state index is -0.335. The summed E-state index contributed by atoms with van der Waals surface area (Å²) in [5, 5.41) is 7.88. The van der Waals surface area contributed by atoms with Gasteiger partial charge in [0, 0.05) is 22.8 Å². The standard InChI is InChI=1S/C22H18ClFN4O2/c1-14(13-30-18-8-4-16(23)5-9-18)26-22(29)19-12-21-25-11-10-20(28(21)27-19)15-2-6-17(24)7-3-15/h2-12,14H,13H2,1H3,(H,26,29). The normalized spacial score (nSPS) is 12.0. The van der Waals surface area contributed by atoms with Gasteiger partial charge in [-0.15, -0.1) is 0 Å². The van der Waals surface area contributed by atoms with Gasteiger partial charge in [0.1, 0.15) is 18.2 Å². The van der Waals surface area contributed by atoms with Crippen LogP contribution in [-0.2, 0) is 0 Å². The Kier molecular flexibility index (Phi) is 5.63. The SMILES string of the molecule is CC(COc1ccc(Cl)cc1)NC(=O)c1cc2nccc(-c3ccc(F)cc3)n2n1. The molecule has 0 radical (unpaired) electrons. The number of carbonyl (C=O) groups excluding carboxylic acids is 1. The molecule has 1 N–H and O–H groups in total. The highest BCUT2D eigenvalue weighted by Crippen LogP contribution is 2.20. The number of nitrogens with zero attached hydrogens (tertiary/aromatic N) is 3. The van der Waals surface area contributed by atoms with E-state index in [1.165, 1.54) is 12.1 Å². The first-order valence-electron chi connectivity index (χ1n) is 9.29. The highest BCUT2D eigenvalue weighted by molar-refractivity contribution is 6.30. The average Bonchev–Trinajstić information content (AvgIpc) is 3.19. The molecule has 2 heterocycles. The van der Waals surface area contributed by atoms with Crippen molar-refractivity contribution in [3.63, 3.8) is 0 Å². The van der Waals surface area contributed by atoms with Crippen molar-refractivity contribution in [3.05, 3.63) is 83.4 Å². The first-order chi connectivity index (χ1) is 14.5. The highest BCUT2D eigenvalue weighted by Gasteiger charge is 2.16. The van der Waals surface area contributed by atoms with E-state index in [1.807, 2.05) is 6.92 Å². The number of hydrogen-bond acceptors (Lipinski definition) is 4. The predicted molar refractivity (Wildman–Crippen MR) is 112 cm³/mol. The molecule has 2 aromatic heterocycles. The molecule has 0 saturated heterocycles. The maximum absolute atomic E-state index is 13.2. The van der Waals surface area contributed by atoms with Crippen LogP contribution < -0.4 is 10.1 Å². The van der Waals surface area contributed by atoms with E-state index in [0.717, 1.165) is 5.56 Å². The van der Waals surface area contributed by atoms with Gasteiger partial charge in [-0.3, -0.25) is 4.79 Å². The lowest BCUT2D eigenvalue weighted by Crippen LogP contribution is -2.37. The maximum atomic E-state index is 13.2. The number of aromatic nitrogens is 3. The number of halogens is 2. The molecular weight excluding hydrogens is 407 g/mol. The molecule has 0 fully saturated rings. The number of rotatable bonds is 6. The fourth-order valence-electron chi connectivity index (χ4n) is 2.94. The molecule has 4 aromatic rings. The fraction of sp³-hybridized carbons (Fsp3) is 0.136. The first kappa shape index (κ1) is 19.8. The summed E-state index contributed by atoms with van der Waals surface area (Å²) in [4.78, 5) is 16.9. The quantitative estimate of drug-likeness (QED) is 0.498. The lowest BCUT2D eigenvalue weighted by Gasteiger charge is -2.14. The molecule has 0 aliphatic rings. The molecule has 1 unspecified atom stereocenters. The van der Waals surface area contributed by atoms with Crippen LogP contribution in [0, 0.1) is 5.82 Å². The monoisotopic (exact) mass is 424 g/mol. The van der Waals surface area contributed by atoms with Crippen molar-refractivity contribution >= 4 is 23.2 Å². The molecule has 0 aliphatic heterocycles. The number of nitrogens with one attached hydrogen (secondary N) is 1. The van der Waals surface area contributed by atoms with Gasteiger partial charge in [0.2, 0.25) is 0 Å². The number of amides is 1. The first-order valence-corrected chi connectivity index (χ1v) is 9.67. The van der Waals surface area contributed by atoms with Crippen LogP contribution in [0.5, 0.6) is 5.75 Å². The Morgan fingerprint density at radius 2 is 1.90 bits per heavy atom. The van der Waals surface area contributed by atoms with E-state index in [4.69, 9.17) is 16.3 Å². The summed E-state index contributed by atoms with van der Waals surface area (Å²) >= 11 is 5.86. The molecule has 6 nitrogen and oxygen atoms in total. The topological polar surface area (TPSA) is 68.5 Å². The van der Waals surface area contributed by atoms with Gasteiger partial charge in [-0.1, -0.05) is 11.6 Å². The molecular formula is C22H18ClFN4O2. The van der Waals surface area contributed by atoms with Gasteiger partial charge in [-0.25, -0.2) is 13.9 Å². The zero-order chi connectivity index (χ0) is 21.1. The van der Waals surface area contributed by atoms with Crippen LogP contribution in [0.15, 0.2) is 66.9 Å². The maximum Gasteiger partial charge on any atom is 0.272 e. The van der Waals surface area contributed by atoms with Crippen LogP contribution >= 0.6 is 11.6 Å². The zero-order valence-corrected chi connectivity index (χ0v) is 16.8. The summed E-state index contributed by atoms with van der Waals surface area (Å²) in [6.45, 7) is 2.13. The lowest BCUT2D eigenvalue weighted by molar-refractivity contribution is 0.0921. The minimum Gasteiger partial charge on any atom is -0.491 e. The molecule has 4 rings (SSSR count). The van der Waals surface area contributed by atoms with Crippen molar-refractivity contribution in [1.29, 1.82) is 0 Å². The third-order valence-electron chi connectivity index (χ3n) is 4.42. The number of carbonyl (C=O) groups is 1. The van der Waals surface area contributed by atoms with E-state index in [9.17, 15) is 9.18 Å². The van der Waals surface area contributed by atoms with Crippen molar-refractivity contribution in [2.24, 2.45) is 0 Å². The van der Waals surface area contributed by atoms with Gasteiger partial charge in [-0.05, 0) is 61.5 Å². The molecule has 30 heavy (non-hydrogen) atoms. The smallest absolute Gasteiger partial charge is 0.272 e. The molecule has 0 bridgehead atoms. The summed E-state index contributed by atoms with van der Waals surface area (Å²) in [7, 11) is 0. The molecule has 0 saturated carbocycles. The van der Waals surface area contributed by atoms with Gasteiger partial charge >= 0.3 is 0 Å². The van der Waals surface area contributed by atoms with Crippen molar-refractivity contribution in [2.45, 2.75) is 13.0 Å². The van der Waals surface area contributed by atoms with Crippen LogP contribution in [-0.4, -0.2) is 33.2 Å². The largest absolute Gasteiger partial charge is 0.491 e. The van der Waals surface area contributed by atoms with Crippen LogP contribution in [0.4, 0.5) is 4.39 Å². The van der Waals surface area contributed by atoms with Gasteiger partial charge < -0.3 is 10.1 Å². The summed E-state index contributed by atoms with van der Waals surface area (Å²) in [6.07, 6.45) is 1.62. The van der Waals surface area contributed by atoms with E-state index < -0.39 is 0 Å². The summed E-state index contributed by atoms with van der Waals surface area (Å²) in [5.74, 6) is 0.0125. The molecule has 152 valence electrons. The van der Waals surface area contributed by atoms with Gasteiger partial charge in [-0.2, -0.15) is 5.10 Å². The van der Waals surface area contributed by atoms with Gasteiger partial charge in [0.15, 0.2) is 11.3 Å². The minimum absolute atomic E-state index is 0.232.